The van der Waals surface area contributed by atoms with Crippen LogP contribution in [-0.2, 0) is 0 Å². The molecule has 2 heteroatoms. The molecule has 0 bridgehead atoms. The molecule has 2 rings (SSSR count). The van der Waals surface area contributed by atoms with Crippen LogP contribution in [0.3, 0.4) is 0 Å². The number of nitrogens with one attached hydrogen (secondary N) is 2. The van der Waals surface area contributed by atoms with Crippen LogP contribution >= 0.6 is 0 Å². The van der Waals surface area contributed by atoms with E-state index < -0.39 is 0 Å². The summed E-state index contributed by atoms with van der Waals surface area (Å²) in [5, 5.41) is 7.50. The van der Waals surface area contributed by atoms with Gasteiger partial charge in [0.2, 0.25) is 0 Å². The monoisotopic (exact) mass is 252 g/mol. The molecule has 1 saturated carbocycles. The van der Waals surface area contributed by atoms with Crippen molar-refractivity contribution >= 4 is 0 Å². The third kappa shape index (κ3) is 3.96. The molecule has 0 aromatic carbocycles. The summed E-state index contributed by atoms with van der Waals surface area (Å²) in [6.07, 6.45) is 11.2. The summed E-state index contributed by atoms with van der Waals surface area (Å²) in [7, 11) is 0. The second kappa shape index (κ2) is 6.91. The lowest BCUT2D eigenvalue weighted by atomic mass is 9.78. The third-order valence-corrected chi connectivity index (χ3v) is 5.33. The lowest BCUT2D eigenvalue weighted by Crippen LogP contribution is -2.48. The van der Waals surface area contributed by atoms with Crippen molar-refractivity contribution in [1.82, 2.24) is 10.6 Å². The van der Waals surface area contributed by atoms with Crippen LogP contribution in [-0.4, -0.2) is 25.7 Å². The highest BCUT2D eigenvalue weighted by Crippen LogP contribution is 2.30. The van der Waals surface area contributed by atoms with E-state index in [0.717, 1.165) is 12.0 Å². The second-order valence-corrected chi connectivity index (χ2v) is 6.83. The molecule has 0 radical (unpaired) electrons. The van der Waals surface area contributed by atoms with Gasteiger partial charge in [0.25, 0.3) is 0 Å². The van der Waals surface area contributed by atoms with E-state index in [1.807, 2.05) is 0 Å². The molecule has 2 aliphatic rings. The Labute approximate surface area is 113 Å². The van der Waals surface area contributed by atoms with E-state index in [9.17, 15) is 0 Å². The minimum atomic E-state index is 0.538. The maximum absolute atomic E-state index is 3.90. The SMILES string of the molecule is CCC1(CNC2CCCC(C)CC2)CCCNC1. The number of hydrogen-bond donors (Lipinski definition) is 2. The molecule has 1 heterocycles. The van der Waals surface area contributed by atoms with Crippen LogP contribution in [0.4, 0.5) is 0 Å². The molecule has 2 fully saturated rings. The Hall–Kier alpha value is -0.0800. The Morgan fingerprint density at radius 3 is 2.78 bits per heavy atom. The highest BCUT2D eigenvalue weighted by molar-refractivity contribution is 4.88. The smallest absolute Gasteiger partial charge is 0.00674 e. The molecular weight excluding hydrogens is 220 g/mol. The van der Waals surface area contributed by atoms with E-state index in [0.29, 0.717) is 5.41 Å². The van der Waals surface area contributed by atoms with Gasteiger partial charge in [0.05, 0.1) is 0 Å². The Kier molecular flexibility index (Phi) is 5.50. The minimum absolute atomic E-state index is 0.538. The van der Waals surface area contributed by atoms with Gasteiger partial charge in [-0.1, -0.05) is 26.7 Å². The molecule has 1 saturated heterocycles. The van der Waals surface area contributed by atoms with Gasteiger partial charge < -0.3 is 10.6 Å². The molecule has 0 aromatic rings. The predicted molar refractivity (Wildman–Crippen MR) is 78.9 cm³/mol. The van der Waals surface area contributed by atoms with Crippen LogP contribution in [0, 0.1) is 11.3 Å². The van der Waals surface area contributed by atoms with E-state index in [1.165, 1.54) is 71.0 Å². The van der Waals surface area contributed by atoms with Gasteiger partial charge in [-0.25, -0.2) is 0 Å². The topological polar surface area (TPSA) is 24.1 Å². The van der Waals surface area contributed by atoms with E-state index >= 15 is 0 Å². The zero-order chi connectivity index (χ0) is 12.8. The molecular formula is C16H32N2. The zero-order valence-electron chi connectivity index (χ0n) is 12.4. The van der Waals surface area contributed by atoms with E-state index in [-0.39, 0.29) is 0 Å². The van der Waals surface area contributed by atoms with Gasteiger partial charge >= 0.3 is 0 Å². The van der Waals surface area contributed by atoms with E-state index in [2.05, 4.69) is 24.5 Å². The molecule has 1 aliphatic carbocycles. The highest BCUT2D eigenvalue weighted by Gasteiger charge is 2.30. The fourth-order valence-corrected chi connectivity index (χ4v) is 3.66. The van der Waals surface area contributed by atoms with Gasteiger partial charge in [-0.15, -0.1) is 0 Å². The summed E-state index contributed by atoms with van der Waals surface area (Å²) in [6.45, 7) is 8.46. The summed E-state index contributed by atoms with van der Waals surface area (Å²) in [5.41, 5.74) is 0.538. The Bertz CT molecular complexity index is 233. The second-order valence-electron chi connectivity index (χ2n) is 6.83. The summed E-state index contributed by atoms with van der Waals surface area (Å²) in [4.78, 5) is 0. The van der Waals surface area contributed by atoms with Crippen molar-refractivity contribution in [3.8, 4) is 0 Å². The van der Waals surface area contributed by atoms with Crippen LogP contribution in [0.25, 0.3) is 0 Å². The van der Waals surface area contributed by atoms with Crippen molar-refractivity contribution in [1.29, 1.82) is 0 Å². The molecule has 3 unspecified atom stereocenters. The van der Waals surface area contributed by atoms with Crippen molar-refractivity contribution < 1.29 is 0 Å². The summed E-state index contributed by atoms with van der Waals surface area (Å²) in [6, 6.07) is 0.792. The van der Waals surface area contributed by atoms with Crippen molar-refractivity contribution in [2.75, 3.05) is 19.6 Å². The van der Waals surface area contributed by atoms with Crippen LogP contribution in [0.1, 0.15) is 65.2 Å². The Balaban J connectivity index is 1.78. The van der Waals surface area contributed by atoms with Crippen molar-refractivity contribution in [2.45, 2.75) is 71.3 Å². The average Bonchev–Trinajstić information content (AvgIpc) is 2.62. The maximum atomic E-state index is 3.90. The van der Waals surface area contributed by atoms with Gasteiger partial charge in [0.1, 0.15) is 0 Å². The van der Waals surface area contributed by atoms with Gasteiger partial charge in [-0.05, 0) is 56.4 Å². The quantitative estimate of drug-likeness (QED) is 0.750. The fourth-order valence-electron chi connectivity index (χ4n) is 3.66. The summed E-state index contributed by atoms with van der Waals surface area (Å²) in [5.74, 6) is 0.952. The summed E-state index contributed by atoms with van der Waals surface area (Å²) < 4.78 is 0. The molecule has 0 amide bonds. The van der Waals surface area contributed by atoms with Gasteiger partial charge in [0.15, 0.2) is 0 Å². The number of rotatable bonds is 4. The largest absolute Gasteiger partial charge is 0.316 e. The molecule has 1 aliphatic heterocycles. The summed E-state index contributed by atoms with van der Waals surface area (Å²) >= 11 is 0. The van der Waals surface area contributed by atoms with Gasteiger partial charge in [-0.3, -0.25) is 0 Å². The van der Waals surface area contributed by atoms with Gasteiger partial charge in [-0.2, -0.15) is 0 Å². The molecule has 18 heavy (non-hydrogen) atoms. The first-order valence-electron chi connectivity index (χ1n) is 8.18. The molecule has 0 aromatic heterocycles. The van der Waals surface area contributed by atoms with Crippen molar-refractivity contribution in [2.24, 2.45) is 11.3 Å². The van der Waals surface area contributed by atoms with Crippen LogP contribution < -0.4 is 10.6 Å². The maximum Gasteiger partial charge on any atom is 0.00674 e. The molecule has 2 nitrogen and oxygen atoms in total. The average molecular weight is 252 g/mol. The van der Waals surface area contributed by atoms with Crippen LogP contribution in [0.5, 0.6) is 0 Å². The van der Waals surface area contributed by atoms with Gasteiger partial charge in [0, 0.05) is 19.1 Å². The molecule has 2 N–H and O–H groups in total. The molecule has 0 spiro atoms. The standard InChI is InChI=1S/C16H32N2/c1-3-16(10-5-11-17-12-16)13-18-15-7-4-6-14(2)8-9-15/h14-15,17-18H,3-13H2,1-2H3. The van der Waals surface area contributed by atoms with Crippen LogP contribution in [0.2, 0.25) is 0 Å². The number of hydrogen-bond acceptors (Lipinski definition) is 2. The highest BCUT2D eigenvalue weighted by atomic mass is 15.0. The molecule has 3 atom stereocenters. The first kappa shape index (κ1) is 14.3. The first-order valence-corrected chi connectivity index (χ1v) is 8.18. The van der Waals surface area contributed by atoms with Crippen molar-refractivity contribution in [3.05, 3.63) is 0 Å². The van der Waals surface area contributed by atoms with Crippen molar-refractivity contribution in [3.63, 3.8) is 0 Å². The first-order chi connectivity index (χ1) is 8.74. The Morgan fingerprint density at radius 1 is 1.17 bits per heavy atom. The fraction of sp³-hybridized carbons (Fsp3) is 1.00. The van der Waals surface area contributed by atoms with E-state index in [1.54, 1.807) is 0 Å². The van der Waals surface area contributed by atoms with Crippen LogP contribution in [0.15, 0.2) is 0 Å². The third-order valence-electron chi connectivity index (χ3n) is 5.33. The zero-order valence-corrected chi connectivity index (χ0v) is 12.4. The lowest BCUT2D eigenvalue weighted by Gasteiger charge is -2.38. The Morgan fingerprint density at radius 2 is 2.06 bits per heavy atom. The lowest BCUT2D eigenvalue weighted by molar-refractivity contribution is 0.183. The minimum Gasteiger partial charge on any atom is -0.316 e. The molecule has 106 valence electrons. The normalized spacial score (nSPS) is 38.3. The number of piperidine rings is 1. The van der Waals surface area contributed by atoms with E-state index in [4.69, 9.17) is 0 Å². The predicted octanol–water partition coefficient (Wildman–Crippen LogP) is 3.32.